The van der Waals surface area contributed by atoms with Gasteiger partial charge in [-0.15, -0.1) is 0 Å². The van der Waals surface area contributed by atoms with E-state index in [2.05, 4.69) is 54.7 Å². The van der Waals surface area contributed by atoms with Crippen LogP contribution in [0.5, 0.6) is 11.5 Å². The minimum Gasteiger partial charge on any atom is -1.00 e. The number of benzene rings is 4. The summed E-state index contributed by atoms with van der Waals surface area (Å²) in [5, 5.41) is 12.4. The van der Waals surface area contributed by atoms with E-state index >= 15 is 0 Å². The fraction of sp³-hybridized carbons (Fsp3) is 0.111. The van der Waals surface area contributed by atoms with Crippen LogP contribution in [-0.4, -0.2) is 19.3 Å². The van der Waals surface area contributed by atoms with E-state index in [1.54, 1.807) is 25.6 Å². The molecule has 0 amide bonds. The van der Waals surface area contributed by atoms with Crippen LogP contribution in [0.4, 0.5) is 10.8 Å². The van der Waals surface area contributed by atoms with Gasteiger partial charge in [-0.3, -0.25) is 0 Å². The molecule has 0 saturated heterocycles. The number of para-hydroxylation sites is 1. The lowest BCUT2D eigenvalue weighted by atomic mass is 10.0. The summed E-state index contributed by atoms with van der Waals surface area (Å²) in [6.45, 7) is 2.06. The van der Waals surface area contributed by atoms with E-state index in [-0.39, 0.29) is 12.4 Å². The van der Waals surface area contributed by atoms with Crippen molar-refractivity contribution in [3.05, 3.63) is 90.5 Å². The number of methoxy groups -OCH3 is 2. The van der Waals surface area contributed by atoms with Gasteiger partial charge in [0.25, 0.3) is 5.13 Å². The molecule has 0 radical (unpaired) electrons. The monoisotopic (exact) mass is 489 g/mol. The third kappa shape index (κ3) is 4.42. The van der Waals surface area contributed by atoms with Crippen LogP contribution in [0, 0.1) is 6.92 Å². The summed E-state index contributed by atoms with van der Waals surface area (Å²) in [7, 11) is 3.38. The Labute approximate surface area is 209 Å². The molecule has 0 saturated carbocycles. The molecule has 0 bridgehead atoms. The first-order valence-corrected chi connectivity index (χ1v) is 11.5. The van der Waals surface area contributed by atoms with Crippen molar-refractivity contribution in [3.8, 4) is 27.8 Å². The average molecular weight is 490 g/mol. The van der Waals surface area contributed by atoms with E-state index in [1.807, 2.05) is 47.1 Å². The predicted molar refractivity (Wildman–Crippen MR) is 134 cm³/mol. The molecule has 5 rings (SSSR count). The van der Waals surface area contributed by atoms with Crippen molar-refractivity contribution < 1.29 is 26.6 Å². The van der Waals surface area contributed by atoms with Crippen LogP contribution in [0.15, 0.2) is 84.9 Å². The third-order valence-corrected chi connectivity index (χ3v) is 6.45. The molecule has 34 heavy (non-hydrogen) atoms. The highest BCUT2D eigenvalue weighted by Gasteiger charge is 2.29. The number of fused-ring (bicyclic) bond motifs is 1. The van der Waals surface area contributed by atoms with Gasteiger partial charge in [0.15, 0.2) is 0 Å². The minimum atomic E-state index is 0. The summed E-state index contributed by atoms with van der Waals surface area (Å²) >= 11 is 1.58. The van der Waals surface area contributed by atoms with Gasteiger partial charge in [-0.1, -0.05) is 54.6 Å². The normalized spacial score (nSPS) is 10.6. The standard InChI is InChI=1S/C27H24N3O2S.ClH/c1-18-13-15-23(31-2)22(17-18)28-27-29-30(20-10-5-4-6-11-20)26(33-27)25-21-12-8-7-9-19(21)14-16-24(25)32-3;/h4-17H,1-3H3,(H,28,29);1H/q+1;/p-1. The molecule has 0 aliphatic rings. The number of nitrogens with zero attached hydrogens (tertiary/aromatic N) is 2. The zero-order chi connectivity index (χ0) is 22.8. The number of rotatable bonds is 6. The Balaban J connectivity index is 0.00000274. The average Bonchev–Trinajstić information content (AvgIpc) is 3.27. The fourth-order valence-electron chi connectivity index (χ4n) is 3.92. The molecule has 0 fully saturated rings. The highest BCUT2D eigenvalue weighted by atomic mass is 35.5. The number of nitrogens with one attached hydrogen (secondary N) is 1. The second kappa shape index (κ2) is 10.1. The molecular formula is C27H24ClN3O2S. The van der Waals surface area contributed by atoms with Crippen LogP contribution in [0.3, 0.4) is 0 Å². The molecule has 0 unspecified atom stereocenters. The Kier molecular flexibility index (Phi) is 7.01. The molecule has 0 spiro atoms. The van der Waals surface area contributed by atoms with E-state index in [1.165, 1.54) is 0 Å². The maximum Gasteiger partial charge on any atom is 0.309 e. The first-order valence-electron chi connectivity index (χ1n) is 10.6. The number of aromatic nitrogens is 2. The maximum absolute atomic E-state index is 5.80. The largest absolute Gasteiger partial charge is 1.00 e. The Morgan fingerprint density at radius 3 is 2.29 bits per heavy atom. The van der Waals surface area contributed by atoms with Crippen molar-refractivity contribution in [1.29, 1.82) is 0 Å². The molecule has 5 aromatic rings. The van der Waals surface area contributed by atoms with Gasteiger partial charge in [-0.25, -0.2) is 0 Å². The molecule has 0 atom stereocenters. The Hall–Kier alpha value is -3.61. The quantitative estimate of drug-likeness (QED) is 0.372. The van der Waals surface area contributed by atoms with Crippen molar-refractivity contribution >= 4 is 32.9 Å². The molecule has 1 N–H and O–H groups in total. The van der Waals surface area contributed by atoms with Crippen LogP contribution in [0.1, 0.15) is 5.56 Å². The lowest BCUT2D eigenvalue weighted by molar-refractivity contribution is -0.642. The molecule has 1 aromatic heterocycles. The van der Waals surface area contributed by atoms with E-state index in [9.17, 15) is 0 Å². The van der Waals surface area contributed by atoms with Crippen molar-refractivity contribution in [3.63, 3.8) is 0 Å². The molecule has 4 aromatic carbocycles. The van der Waals surface area contributed by atoms with Gasteiger partial charge in [0.05, 0.1) is 19.9 Å². The van der Waals surface area contributed by atoms with Gasteiger partial charge in [-0.2, -0.15) is 0 Å². The molecular weight excluding hydrogens is 466 g/mol. The number of hydrogen-bond donors (Lipinski definition) is 1. The number of aryl methyl sites for hydroxylation is 1. The van der Waals surface area contributed by atoms with Crippen molar-refractivity contribution in [2.24, 2.45) is 0 Å². The lowest BCUT2D eigenvalue weighted by Gasteiger charge is -2.09. The molecule has 0 aliphatic heterocycles. The zero-order valence-corrected chi connectivity index (χ0v) is 20.7. The van der Waals surface area contributed by atoms with Gasteiger partial charge in [0.1, 0.15) is 17.1 Å². The second-order valence-corrected chi connectivity index (χ2v) is 8.63. The number of anilines is 2. The molecule has 1 heterocycles. The van der Waals surface area contributed by atoms with E-state index in [0.717, 1.165) is 54.9 Å². The van der Waals surface area contributed by atoms with Crippen molar-refractivity contribution in [1.82, 2.24) is 5.10 Å². The minimum absolute atomic E-state index is 0. The van der Waals surface area contributed by atoms with Crippen LogP contribution in [0.25, 0.3) is 27.0 Å². The van der Waals surface area contributed by atoms with Crippen LogP contribution in [-0.2, 0) is 0 Å². The summed E-state index contributed by atoms with van der Waals surface area (Å²) in [6.07, 6.45) is 0. The van der Waals surface area contributed by atoms with Gasteiger partial charge in [0, 0.05) is 22.6 Å². The van der Waals surface area contributed by atoms with Gasteiger partial charge >= 0.3 is 5.01 Å². The summed E-state index contributed by atoms with van der Waals surface area (Å²) < 4.78 is 13.3. The van der Waals surface area contributed by atoms with Crippen molar-refractivity contribution in [2.45, 2.75) is 6.92 Å². The SMILES string of the molecule is COc1ccc(C)cc1Nc1n[n+](-c2ccccc2)c(-c2c(OC)ccc3ccccc23)s1.[Cl-]. The maximum atomic E-state index is 5.80. The smallest absolute Gasteiger partial charge is 0.309 e. The van der Waals surface area contributed by atoms with Crippen LogP contribution < -0.4 is 31.9 Å². The van der Waals surface area contributed by atoms with Gasteiger partial charge in [-0.05, 0) is 52.1 Å². The van der Waals surface area contributed by atoms with E-state index < -0.39 is 0 Å². The Morgan fingerprint density at radius 2 is 1.53 bits per heavy atom. The highest BCUT2D eigenvalue weighted by Crippen LogP contribution is 2.40. The lowest BCUT2D eigenvalue weighted by Crippen LogP contribution is -3.00. The third-order valence-electron chi connectivity index (χ3n) is 5.50. The topological polar surface area (TPSA) is 47.3 Å². The van der Waals surface area contributed by atoms with E-state index in [4.69, 9.17) is 14.6 Å². The molecule has 5 nitrogen and oxygen atoms in total. The predicted octanol–water partition coefficient (Wildman–Crippen LogP) is 3.31. The fourth-order valence-corrected chi connectivity index (χ4v) is 4.93. The summed E-state index contributed by atoms with van der Waals surface area (Å²) in [6, 6.07) is 28.6. The summed E-state index contributed by atoms with van der Waals surface area (Å²) in [5.41, 5.74) is 4.01. The molecule has 7 heteroatoms. The highest BCUT2D eigenvalue weighted by molar-refractivity contribution is 7.18. The second-order valence-electron chi connectivity index (χ2n) is 7.65. The van der Waals surface area contributed by atoms with Gasteiger partial charge in [0.2, 0.25) is 5.69 Å². The van der Waals surface area contributed by atoms with E-state index in [0.29, 0.717) is 0 Å². The number of hydrogen-bond acceptors (Lipinski definition) is 5. The van der Waals surface area contributed by atoms with Crippen LogP contribution in [0.2, 0.25) is 0 Å². The van der Waals surface area contributed by atoms with Crippen molar-refractivity contribution in [2.75, 3.05) is 19.5 Å². The summed E-state index contributed by atoms with van der Waals surface area (Å²) in [5.74, 6) is 1.58. The zero-order valence-electron chi connectivity index (χ0n) is 19.1. The number of ether oxygens (including phenoxy) is 2. The molecule has 172 valence electrons. The molecule has 0 aliphatic carbocycles. The summed E-state index contributed by atoms with van der Waals surface area (Å²) in [4.78, 5) is 0. The number of halogens is 1. The Bertz CT molecular complexity index is 1440. The van der Waals surface area contributed by atoms with Crippen LogP contribution >= 0.6 is 11.3 Å². The van der Waals surface area contributed by atoms with Gasteiger partial charge < -0.3 is 27.2 Å². The first-order chi connectivity index (χ1) is 16.2. The Morgan fingerprint density at radius 1 is 0.824 bits per heavy atom. The first kappa shape index (κ1) is 23.5.